The first-order chi connectivity index (χ1) is 14.2. The van der Waals surface area contributed by atoms with Crippen LogP contribution in [0.1, 0.15) is 35.2 Å². The zero-order valence-electron chi connectivity index (χ0n) is 17.0. The Bertz CT molecular complexity index is 786. The van der Waals surface area contributed by atoms with Crippen LogP contribution in [-0.4, -0.2) is 60.6 Å². The molecule has 0 spiro atoms. The molecule has 2 aliphatic heterocycles. The van der Waals surface area contributed by atoms with Gasteiger partial charge in [-0.15, -0.1) is 0 Å². The van der Waals surface area contributed by atoms with Crippen molar-refractivity contribution in [3.8, 4) is 5.75 Å². The summed E-state index contributed by atoms with van der Waals surface area (Å²) in [5.74, 6) is 0.915. The van der Waals surface area contributed by atoms with Gasteiger partial charge in [-0.2, -0.15) is 0 Å². The van der Waals surface area contributed by atoms with Gasteiger partial charge in [-0.05, 0) is 55.5 Å². The predicted octanol–water partition coefficient (Wildman–Crippen LogP) is 2.95. The third-order valence-corrected chi connectivity index (χ3v) is 6.01. The van der Waals surface area contributed by atoms with Crippen LogP contribution in [0.2, 0.25) is 0 Å². The van der Waals surface area contributed by atoms with Crippen molar-refractivity contribution >= 4 is 5.91 Å². The van der Waals surface area contributed by atoms with E-state index in [-0.39, 0.29) is 18.1 Å². The van der Waals surface area contributed by atoms with E-state index in [1.54, 1.807) is 0 Å². The molecule has 1 unspecified atom stereocenters. The van der Waals surface area contributed by atoms with Gasteiger partial charge in [0, 0.05) is 44.3 Å². The second-order valence-electron chi connectivity index (χ2n) is 8.22. The summed E-state index contributed by atoms with van der Waals surface area (Å²) < 4.78 is 6.17. The number of hydrogen-bond donors (Lipinski definition) is 1. The van der Waals surface area contributed by atoms with Gasteiger partial charge in [0.2, 0.25) is 0 Å². The normalized spacial score (nSPS) is 20.7. The average Bonchev–Trinajstić information content (AvgIpc) is 3.20. The number of ether oxygens (including phenoxy) is 1. The van der Waals surface area contributed by atoms with Crippen LogP contribution >= 0.6 is 0 Å². The first-order valence-electron chi connectivity index (χ1n) is 10.8. The summed E-state index contributed by atoms with van der Waals surface area (Å²) in [6.07, 6.45) is 4.32. The molecule has 0 bridgehead atoms. The van der Waals surface area contributed by atoms with Crippen molar-refractivity contribution in [2.24, 2.45) is 5.73 Å². The van der Waals surface area contributed by atoms with E-state index < -0.39 is 0 Å². The SMILES string of the molecule is NC1CCN(C(=O)c2ccc(OC3CCN(CCc4ccccc4)CC3)cc2)C1. The second kappa shape index (κ2) is 9.42. The van der Waals surface area contributed by atoms with Gasteiger partial charge < -0.3 is 20.3 Å². The molecule has 0 aromatic heterocycles. The van der Waals surface area contributed by atoms with Gasteiger partial charge in [-0.1, -0.05) is 30.3 Å². The fourth-order valence-electron chi connectivity index (χ4n) is 4.21. The molecule has 2 N–H and O–H groups in total. The molecule has 154 valence electrons. The van der Waals surface area contributed by atoms with Gasteiger partial charge in [0.15, 0.2) is 0 Å². The Morgan fingerprint density at radius 1 is 0.966 bits per heavy atom. The molecule has 1 atom stereocenters. The molecule has 1 amide bonds. The summed E-state index contributed by atoms with van der Waals surface area (Å²) >= 11 is 0. The maximum atomic E-state index is 12.5. The lowest BCUT2D eigenvalue weighted by atomic mass is 10.1. The van der Waals surface area contributed by atoms with Crippen LogP contribution in [0, 0.1) is 0 Å². The summed E-state index contributed by atoms with van der Waals surface area (Å²) in [5.41, 5.74) is 8.02. The summed E-state index contributed by atoms with van der Waals surface area (Å²) in [6.45, 7) is 4.65. The van der Waals surface area contributed by atoms with Crippen LogP contribution < -0.4 is 10.5 Å². The van der Waals surface area contributed by atoms with Crippen molar-refractivity contribution in [3.05, 3.63) is 65.7 Å². The van der Waals surface area contributed by atoms with Gasteiger partial charge >= 0.3 is 0 Å². The number of hydrogen-bond acceptors (Lipinski definition) is 4. The highest BCUT2D eigenvalue weighted by molar-refractivity contribution is 5.94. The number of rotatable bonds is 6. The number of likely N-dealkylation sites (tertiary alicyclic amines) is 2. The molecule has 2 saturated heterocycles. The lowest BCUT2D eigenvalue weighted by Gasteiger charge is -2.32. The van der Waals surface area contributed by atoms with Gasteiger partial charge in [0.1, 0.15) is 11.9 Å². The molecule has 2 fully saturated rings. The van der Waals surface area contributed by atoms with Crippen LogP contribution in [0.5, 0.6) is 5.75 Å². The largest absolute Gasteiger partial charge is 0.490 e. The lowest BCUT2D eigenvalue weighted by Crippen LogP contribution is -2.39. The van der Waals surface area contributed by atoms with Crippen LogP contribution in [0.3, 0.4) is 0 Å². The summed E-state index contributed by atoms with van der Waals surface area (Å²) in [5, 5.41) is 0. The molecule has 2 aromatic carbocycles. The van der Waals surface area contributed by atoms with Crippen LogP contribution in [0.25, 0.3) is 0 Å². The zero-order valence-corrected chi connectivity index (χ0v) is 17.0. The molecule has 5 heteroatoms. The highest BCUT2D eigenvalue weighted by Crippen LogP contribution is 2.21. The Labute approximate surface area is 173 Å². The quantitative estimate of drug-likeness (QED) is 0.820. The van der Waals surface area contributed by atoms with Gasteiger partial charge in [-0.25, -0.2) is 0 Å². The van der Waals surface area contributed by atoms with Crippen LogP contribution in [0.4, 0.5) is 0 Å². The smallest absolute Gasteiger partial charge is 0.253 e. The minimum absolute atomic E-state index is 0.0659. The number of nitrogens with two attached hydrogens (primary N) is 1. The van der Waals surface area contributed by atoms with Gasteiger partial charge in [-0.3, -0.25) is 4.79 Å². The first kappa shape index (κ1) is 19.9. The predicted molar refractivity (Wildman–Crippen MR) is 115 cm³/mol. The first-order valence-corrected chi connectivity index (χ1v) is 10.8. The highest BCUT2D eigenvalue weighted by Gasteiger charge is 2.25. The maximum absolute atomic E-state index is 12.5. The molecule has 0 saturated carbocycles. The fourth-order valence-corrected chi connectivity index (χ4v) is 4.21. The molecule has 2 aromatic rings. The summed E-state index contributed by atoms with van der Waals surface area (Å²) in [7, 11) is 0. The molecule has 2 aliphatic rings. The van der Waals surface area contributed by atoms with Crippen molar-refractivity contribution in [1.29, 1.82) is 0 Å². The van der Waals surface area contributed by atoms with Crippen molar-refractivity contribution in [2.75, 3.05) is 32.7 Å². The van der Waals surface area contributed by atoms with Crippen molar-refractivity contribution in [2.45, 2.75) is 37.8 Å². The van der Waals surface area contributed by atoms with Crippen molar-refractivity contribution in [3.63, 3.8) is 0 Å². The Morgan fingerprint density at radius 3 is 2.34 bits per heavy atom. The van der Waals surface area contributed by atoms with Crippen molar-refractivity contribution in [1.82, 2.24) is 9.80 Å². The molecule has 2 heterocycles. The molecule has 29 heavy (non-hydrogen) atoms. The highest BCUT2D eigenvalue weighted by atomic mass is 16.5. The number of carbonyl (C=O) groups excluding carboxylic acids is 1. The van der Waals surface area contributed by atoms with E-state index in [9.17, 15) is 4.79 Å². The van der Waals surface area contributed by atoms with E-state index in [1.165, 1.54) is 5.56 Å². The monoisotopic (exact) mass is 393 g/mol. The second-order valence-corrected chi connectivity index (χ2v) is 8.22. The Morgan fingerprint density at radius 2 is 1.69 bits per heavy atom. The topological polar surface area (TPSA) is 58.8 Å². The number of benzene rings is 2. The van der Waals surface area contributed by atoms with E-state index in [0.717, 1.165) is 57.6 Å². The minimum atomic E-state index is 0.0659. The maximum Gasteiger partial charge on any atom is 0.253 e. The average molecular weight is 394 g/mol. The summed E-state index contributed by atoms with van der Waals surface area (Å²) in [4.78, 5) is 16.9. The summed E-state index contributed by atoms with van der Waals surface area (Å²) in [6, 6.07) is 18.4. The van der Waals surface area contributed by atoms with E-state index in [1.807, 2.05) is 29.2 Å². The van der Waals surface area contributed by atoms with Gasteiger partial charge in [0.25, 0.3) is 5.91 Å². The van der Waals surface area contributed by atoms with E-state index in [2.05, 4.69) is 35.2 Å². The fraction of sp³-hybridized carbons (Fsp3) is 0.458. The molecular weight excluding hydrogens is 362 g/mol. The Kier molecular flexibility index (Phi) is 6.47. The number of nitrogens with zero attached hydrogens (tertiary/aromatic N) is 2. The lowest BCUT2D eigenvalue weighted by molar-refractivity contribution is 0.0790. The van der Waals surface area contributed by atoms with Crippen LogP contribution in [-0.2, 0) is 6.42 Å². The standard InChI is InChI=1S/C24H31N3O2/c25-21-11-17-27(18-21)24(28)20-6-8-22(9-7-20)29-23-12-15-26(16-13-23)14-10-19-4-2-1-3-5-19/h1-9,21,23H,10-18,25H2. The molecule has 0 aliphatic carbocycles. The van der Waals surface area contributed by atoms with Gasteiger partial charge in [0.05, 0.1) is 0 Å². The van der Waals surface area contributed by atoms with E-state index in [4.69, 9.17) is 10.5 Å². The van der Waals surface area contributed by atoms with E-state index >= 15 is 0 Å². The minimum Gasteiger partial charge on any atom is -0.490 e. The van der Waals surface area contributed by atoms with Crippen molar-refractivity contribution < 1.29 is 9.53 Å². The van der Waals surface area contributed by atoms with Crippen LogP contribution in [0.15, 0.2) is 54.6 Å². The molecule has 5 nitrogen and oxygen atoms in total. The third kappa shape index (κ3) is 5.37. The zero-order chi connectivity index (χ0) is 20.1. The molecule has 4 rings (SSSR count). The van der Waals surface area contributed by atoms with E-state index in [0.29, 0.717) is 12.1 Å². The molecule has 0 radical (unpaired) electrons. The Balaban J connectivity index is 1.22. The third-order valence-electron chi connectivity index (χ3n) is 6.01. The number of carbonyl (C=O) groups is 1. The molecular formula is C24H31N3O2. The number of piperidine rings is 1. The Hall–Kier alpha value is -2.37. The number of amides is 1.